The molecule has 0 unspecified atom stereocenters. The van der Waals surface area contributed by atoms with Gasteiger partial charge in [0.15, 0.2) is 17.3 Å². The monoisotopic (exact) mass is 1900 g/mol. The molecule has 12 aromatic carbocycles. The van der Waals surface area contributed by atoms with Crippen molar-refractivity contribution in [3.05, 3.63) is 359 Å². The second-order valence-corrected chi connectivity index (χ2v) is 33.0. The van der Waals surface area contributed by atoms with E-state index < -0.39 is 23.1 Å². The molecule has 0 heterocycles. The smallest absolute Gasteiger partial charge is 0.537 e. The first kappa shape index (κ1) is 91.0. The normalized spacial score (nSPS) is 10.9. The predicted octanol–water partition coefficient (Wildman–Crippen LogP) is 23.9. The SMILES string of the molecule is BrB(Br)Br.COc1ccc(C(=O)/C=C/c2ccc(Cl)cc2)c(-c2ccccc2)c1.COc1ccc(C(=O)/C=C/c2ccc(Cl)cc2)c(Br)c1.COc1ccc(C(C)=O)c(Br)c1.COc1ccc(Cl)cc1.COc1ccc2c(c1)-c1ccccc1C(=O)C2=O.O=C1C(=O)c2ccc(O)cc2-c2ccccc21.O[B]Oc1ccccc1. The predicted molar refractivity (Wildman–Crippen MR) is 474 cm³/mol. The van der Waals surface area contributed by atoms with E-state index in [9.17, 15) is 38.7 Å². The first-order valence-electron chi connectivity index (χ1n) is 34.0. The second kappa shape index (κ2) is 46.8. The Bertz CT molecular complexity index is 5370. The number of phenolic OH excluding ortho intramolecular Hbond substituents is 1. The van der Waals surface area contributed by atoms with Gasteiger partial charge in [0.1, 0.15) is 34.5 Å². The van der Waals surface area contributed by atoms with Crippen molar-refractivity contribution in [2.75, 3.05) is 35.5 Å². The van der Waals surface area contributed by atoms with Crippen molar-refractivity contribution in [3.8, 4) is 73.6 Å². The number of allylic oxidation sites excluding steroid dienone is 2. The van der Waals surface area contributed by atoms with Gasteiger partial charge < -0.3 is 38.5 Å². The molecular formula is C89H69B2Br5Cl3O15. The largest absolute Gasteiger partial charge is 0.569 e. The number of phenols is 1. The number of methoxy groups -OCH3 is 5. The van der Waals surface area contributed by atoms with Crippen molar-refractivity contribution in [2.45, 2.75) is 6.92 Å². The van der Waals surface area contributed by atoms with E-state index >= 15 is 0 Å². The Kier molecular flexibility index (Phi) is 37.4. The molecule has 114 heavy (non-hydrogen) atoms. The fourth-order valence-electron chi connectivity index (χ4n) is 10.6. The van der Waals surface area contributed by atoms with Gasteiger partial charge in [-0.25, -0.2) is 0 Å². The number of para-hydroxylation sites is 1. The van der Waals surface area contributed by atoms with Gasteiger partial charge in [0.05, 0.1) is 41.3 Å². The molecule has 1 radical (unpaired) electrons. The van der Waals surface area contributed by atoms with Gasteiger partial charge >= 0.3 is 10.9 Å². The van der Waals surface area contributed by atoms with Crippen molar-refractivity contribution < 1.29 is 72.0 Å². The van der Waals surface area contributed by atoms with Crippen LogP contribution in [-0.4, -0.2) is 97.0 Å². The minimum absolute atomic E-state index is 0.0459. The van der Waals surface area contributed by atoms with Crippen molar-refractivity contribution in [1.29, 1.82) is 0 Å². The molecule has 2 aliphatic rings. The third-order valence-corrected chi connectivity index (χ3v) is 18.3. The molecule has 2 N–H and O–H groups in total. The molecule has 0 atom stereocenters. The van der Waals surface area contributed by atoms with Crippen LogP contribution in [0.4, 0.5) is 0 Å². The number of benzene rings is 12. The third kappa shape index (κ3) is 27.5. The number of Topliss-reactive ketones (excluding diaryl/α,β-unsaturated/α-hetero) is 5. The van der Waals surface area contributed by atoms with E-state index in [4.69, 9.17) is 63.5 Å². The molecule has 0 saturated heterocycles. The van der Waals surface area contributed by atoms with Crippen LogP contribution in [0, 0.1) is 0 Å². The zero-order valence-electron chi connectivity index (χ0n) is 61.7. The average Bonchev–Trinajstić information content (AvgIpc) is 0.765. The van der Waals surface area contributed by atoms with Gasteiger partial charge in [-0.2, -0.15) is 0 Å². The van der Waals surface area contributed by atoms with E-state index in [0.717, 1.165) is 60.1 Å². The molecule has 15 nitrogen and oxygen atoms in total. The molecule has 0 fully saturated rings. The van der Waals surface area contributed by atoms with E-state index in [1.165, 1.54) is 31.2 Å². The Morgan fingerprint density at radius 1 is 0.360 bits per heavy atom. The summed E-state index contributed by atoms with van der Waals surface area (Å²) in [5, 5.41) is 19.7. The minimum atomic E-state index is -0.515. The highest BCUT2D eigenvalue weighted by Gasteiger charge is 2.31. The molecule has 0 amide bonds. The number of rotatable bonds is 15. The molecule has 12 aromatic rings. The van der Waals surface area contributed by atoms with Gasteiger partial charge in [-0.3, -0.25) is 33.6 Å². The molecule has 0 aromatic heterocycles. The number of hydrogen-bond acceptors (Lipinski definition) is 15. The molecular weight excluding hydrogens is 1840 g/mol. The number of halogens is 8. The van der Waals surface area contributed by atoms with Crippen LogP contribution in [-0.2, 0) is 0 Å². The highest BCUT2D eigenvalue weighted by Crippen LogP contribution is 2.38. The van der Waals surface area contributed by atoms with Crippen LogP contribution in [0.5, 0.6) is 40.2 Å². The summed E-state index contributed by atoms with van der Waals surface area (Å²) < 4.78 is 31.9. The molecule has 2 aliphatic carbocycles. The van der Waals surface area contributed by atoms with E-state index in [-0.39, 0.29) is 26.3 Å². The Morgan fingerprint density at radius 2 is 0.684 bits per heavy atom. The maximum Gasteiger partial charge on any atom is 0.569 e. The van der Waals surface area contributed by atoms with Gasteiger partial charge in [-0.1, -0.05) is 168 Å². The Labute approximate surface area is 718 Å². The van der Waals surface area contributed by atoms with Crippen LogP contribution >= 0.6 is 114 Å². The van der Waals surface area contributed by atoms with E-state index in [1.807, 2.05) is 103 Å². The zero-order valence-corrected chi connectivity index (χ0v) is 71.9. The molecule has 0 aliphatic heterocycles. The van der Waals surface area contributed by atoms with Crippen molar-refractivity contribution in [2.24, 2.45) is 0 Å². The van der Waals surface area contributed by atoms with Crippen molar-refractivity contribution >= 4 is 177 Å². The number of carbonyl (C=O) groups excluding carboxylic acids is 7. The number of ketones is 7. The lowest BCUT2D eigenvalue weighted by molar-refractivity contribution is 0.0815. The first-order chi connectivity index (χ1) is 54.8. The number of fused-ring (bicyclic) bond motifs is 6. The Balaban J connectivity index is 0.000000187. The van der Waals surface area contributed by atoms with Gasteiger partial charge in [0.2, 0.25) is 23.1 Å². The van der Waals surface area contributed by atoms with Gasteiger partial charge in [0.25, 0.3) is 0 Å². The quantitative estimate of drug-likeness (QED) is 0.0422. The van der Waals surface area contributed by atoms with E-state index in [0.29, 0.717) is 89.5 Å². The van der Waals surface area contributed by atoms with E-state index in [1.54, 1.807) is 205 Å². The van der Waals surface area contributed by atoms with Crippen molar-refractivity contribution in [1.82, 2.24) is 0 Å². The summed E-state index contributed by atoms with van der Waals surface area (Å²) >= 11 is 33.3. The summed E-state index contributed by atoms with van der Waals surface area (Å²) in [4.78, 5) is 83.5. The number of aromatic hydroxyl groups is 1. The highest BCUT2D eigenvalue weighted by atomic mass is 79.9. The zero-order chi connectivity index (χ0) is 82.8. The molecule has 14 rings (SSSR count). The average molecular weight is 1910 g/mol. The highest BCUT2D eigenvalue weighted by molar-refractivity contribution is 9.69. The lowest BCUT2D eigenvalue weighted by Crippen LogP contribution is -2.21. The Morgan fingerprint density at radius 3 is 1.10 bits per heavy atom. The summed E-state index contributed by atoms with van der Waals surface area (Å²) in [5.74, 6) is 2.41. The van der Waals surface area contributed by atoms with Crippen LogP contribution < -0.4 is 28.3 Å². The standard InChI is InChI=1S/C22H17ClO2.C16H12BrClO2.C15H10O3.C14H8O3.C9H9BrO2.C7H7ClO.C6H6BO2.BBr3/c1-25-19-12-13-20(21(15-19)17-5-3-2-4-6-17)22(24)14-9-16-7-10-18(23)11-8-16;1-20-13-7-8-14(15(17)10-13)16(19)9-4-11-2-5-12(18)6-3-11;1-18-9-6-7-12-13(8-9)10-4-2-3-5-11(10)14(16)15(12)17;15-8-5-6-11-12(7-8)9-3-1-2-4-10(9)13(16)14(11)17;1-6(11)8-4-3-7(12-2)5-9(8)10;1-9-7-4-2-6(8)3-5-7;8-7-9-6-4-2-1-3-5-6;2-1(3)4/h2-15H,1H3;2-10H,1H3;2-8H,1H3;1-7,15H;3-5H,1-2H3;2-5H,1H3;1-5,8H;/b14-9+;9-4+;;;;;;. The van der Waals surface area contributed by atoms with Gasteiger partial charge in [0, 0.05) is 63.0 Å². The minimum Gasteiger partial charge on any atom is -0.537 e. The molecule has 0 saturated carbocycles. The molecule has 0 spiro atoms. The Hall–Kier alpha value is -10.2. The topological polar surface area (TPSA) is 215 Å². The lowest BCUT2D eigenvalue weighted by Gasteiger charge is -2.18. The van der Waals surface area contributed by atoms with Gasteiger partial charge in [-0.05, 0) is 247 Å². The molecule has 0 bridgehead atoms. The number of ether oxygens (including phenoxy) is 5. The van der Waals surface area contributed by atoms with Crippen LogP contribution in [0.15, 0.2) is 294 Å². The summed E-state index contributed by atoms with van der Waals surface area (Å²) in [6.45, 7) is 1.53. The lowest BCUT2D eigenvalue weighted by atomic mass is 9.84. The summed E-state index contributed by atoms with van der Waals surface area (Å²) in [5.41, 5.74) is 10.1. The molecule has 577 valence electrons. The maximum atomic E-state index is 12.7. The summed E-state index contributed by atoms with van der Waals surface area (Å²) in [6.07, 6.45) is 6.67. The van der Waals surface area contributed by atoms with Crippen molar-refractivity contribution in [3.63, 3.8) is 0 Å². The third-order valence-electron chi connectivity index (χ3n) is 16.2. The fourth-order valence-corrected chi connectivity index (χ4v) is 12.2. The number of carbonyl (C=O) groups is 7. The van der Waals surface area contributed by atoms with Gasteiger partial charge in [-0.15, -0.1) is 47.3 Å². The van der Waals surface area contributed by atoms with Crippen LogP contribution in [0.2, 0.25) is 15.1 Å². The summed E-state index contributed by atoms with van der Waals surface area (Å²) in [7, 11) is 8.66. The second-order valence-electron chi connectivity index (χ2n) is 23.5. The van der Waals surface area contributed by atoms with Crippen LogP contribution in [0.25, 0.3) is 45.5 Å². The summed E-state index contributed by atoms with van der Waals surface area (Å²) in [6, 6.07) is 80.4. The first-order valence-corrected chi connectivity index (χ1v) is 39.4. The number of hydrogen-bond donors (Lipinski definition) is 2. The fraction of sp³-hybridized carbons (Fsp3) is 0.0674. The van der Waals surface area contributed by atoms with E-state index in [2.05, 4.69) is 83.8 Å². The maximum absolute atomic E-state index is 12.7. The molecule has 25 heteroatoms. The van der Waals surface area contributed by atoms with Crippen LogP contribution in [0.1, 0.15) is 90.6 Å². The van der Waals surface area contributed by atoms with Crippen LogP contribution in [0.3, 0.4) is 0 Å².